The Balaban J connectivity index is 2.07. The first-order valence-corrected chi connectivity index (χ1v) is 14.6. The number of aryl methyl sites for hydroxylation is 4. The van der Waals surface area contributed by atoms with Gasteiger partial charge < -0.3 is 10.2 Å². The Morgan fingerprint density at radius 1 is 0.795 bits per heavy atom. The molecule has 0 saturated carbocycles. The average molecular weight is 550 g/mol. The van der Waals surface area contributed by atoms with Gasteiger partial charge in [-0.05, 0) is 83.4 Å². The predicted molar refractivity (Wildman–Crippen MR) is 156 cm³/mol. The first-order chi connectivity index (χ1) is 18.3. The van der Waals surface area contributed by atoms with Gasteiger partial charge in [0, 0.05) is 12.6 Å². The normalized spacial score (nSPS) is 12.2. The van der Waals surface area contributed by atoms with Gasteiger partial charge in [0.15, 0.2) is 0 Å². The van der Waals surface area contributed by atoms with Crippen LogP contribution in [-0.4, -0.2) is 43.8 Å². The fourth-order valence-corrected chi connectivity index (χ4v) is 5.69. The largest absolute Gasteiger partial charge is 0.352 e. The minimum absolute atomic E-state index is 0.0949. The number of rotatable bonds is 10. The van der Waals surface area contributed by atoms with E-state index in [-0.39, 0.29) is 23.4 Å². The fourth-order valence-electron chi connectivity index (χ4n) is 4.22. The molecule has 0 unspecified atom stereocenters. The van der Waals surface area contributed by atoms with Crippen molar-refractivity contribution >= 4 is 27.5 Å². The van der Waals surface area contributed by atoms with Crippen LogP contribution in [0, 0.1) is 27.7 Å². The molecule has 0 spiro atoms. The Morgan fingerprint density at radius 3 is 1.90 bits per heavy atom. The summed E-state index contributed by atoms with van der Waals surface area (Å²) in [5.41, 5.74) is 4.87. The zero-order valence-electron chi connectivity index (χ0n) is 23.9. The van der Waals surface area contributed by atoms with Crippen LogP contribution in [0.3, 0.4) is 0 Å². The van der Waals surface area contributed by atoms with E-state index in [4.69, 9.17) is 0 Å². The van der Waals surface area contributed by atoms with E-state index in [2.05, 4.69) is 5.32 Å². The van der Waals surface area contributed by atoms with E-state index in [1.165, 1.54) is 4.90 Å². The first kappa shape index (κ1) is 29.9. The van der Waals surface area contributed by atoms with Crippen molar-refractivity contribution in [2.45, 2.75) is 72.0 Å². The number of benzene rings is 3. The number of sulfonamides is 1. The van der Waals surface area contributed by atoms with Gasteiger partial charge in [-0.2, -0.15) is 0 Å². The molecule has 1 N–H and O–H groups in total. The highest BCUT2D eigenvalue weighted by molar-refractivity contribution is 7.92. The molecule has 0 heterocycles. The summed E-state index contributed by atoms with van der Waals surface area (Å²) in [4.78, 5) is 28.6. The van der Waals surface area contributed by atoms with Crippen molar-refractivity contribution in [3.8, 4) is 0 Å². The lowest BCUT2D eigenvalue weighted by molar-refractivity contribution is -0.139. The number of amides is 2. The highest BCUT2D eigenvalue weighted by atomic mass is 32.2. The SMILES string of the molecule is Cc1ccc(CN(C(=O)CN(c2cc(C)ccc2C)S(=O)(=O)c2ccc(C)cc2)[C@H](C)C(=O)NC(C)C)cc1. The third-order valence-electron chi connectivity index (χ3n) is 6.59. The molecule has 1 atom stereocenters. The van der Waals surface area contributed by atoms with Crippen molar-refractivity contribution in [3.05, 3.63) is 94.5 Å². The maximum absolute atomic E-state index is 14.0. The Morgan fingerprint density at radius 2 is 1.33 bits per heavy atom. The van der Waals surface area contributed by atoms with Crippen molar-refractivity contribution < 1.29 is 18.0 Å². The zero-order chi connectivity index (χ0) is 28.9. The summed E-state index contributed by atoms with van der Waals surface area (Å²) in [6, 6.07) is 18.9. The zero-order valence-corrected chi connectivity index (χ0v) is 24.7. The van der Waals surface area contributed by atoms with E-state index >= 15 is 0 Å². The van der Waals surface area contributed by atoms with Gasteiger partial charge in [0.2, 0.25) is 11.8 Å². The highest BCUT2D eigenvalue weighted by Crippen LogP contribution is 2.28. The van der Waals surface area contributed by atoms with E-state index < -0.39 is 28.5 Å². The number of carbonyl (C=O) groups is 2. The summed E-state index contributed by atoms with van der Waals surface area (Å²) < 4.78 is 29.1. The average Bonchev–Trinajstić information content (AvgIpc) is 2.87. The smallest absolute Gasteiger partial charge is 0.264 e. The summed E-state index contributed by atoms with van der Waals surface area (Å²) in [7, 11) is -4.10. The molecule has 0 fully saturated rings. The fraction of sp³-hybridized carbons (Fsp3) is 0.355. The van der Waals surface area contributed by atoms with Crippen molar-refractivity contribution in [1.29, 1.82) is 0 Å². The molecule has 7 nitrogen and oxygen atoms in total. The number of hydrogen-bond donors (Lipinski definition) is 1. The molecule has 39 heavy (non-hydrogen) atoms. The first-order valence-electron chi connectivity index (χ1n) is 13.1. The van der Waals surface area contributed by atoms with Crippen LogP contribution in [0.5, 0.6) is 0 Å². The highest BCUT2D eigenvalue weighted by Gasteiger charge is 2.33. The molecule has 3 aromatic carbocycles. The van der Waals surface area contributed by atoms with Crippen LogP contribution in [0.4, 0.5) is 5.69 Å². The summed E-state index contributed by atoms with van der Waals surface area (Å²) in [6.07, 6.45) is 0. The van der Waals surface area contributed by atoms with Crippen LogP contribution >= 0.6 is 0 Å². The van der Waals surface area contributed by atoms with Crippen LogP contribution in [0.2, 0.25) is 0 Å². The monoisotopic (exact) mass is 549 g/mol. The van der Waals surface area contributed by atoms with Gasteiger partial charge in [0.1, 0.15) is 12.6 Å². The van der Waals surface area contributed by atoms with Crippen molar-refractivity contribution in [2.75, 3.05) is 10.8 Å². The van der Waals surface area contributed by atoms with Crippen molar-refractivity contribution in [1.82, 2.24) is 10.2 Å². The van der Waals surface area contributed by atoms with E-state index in [0.717, 1.165) is 32.1 Å². The third kappa shape index (κ3) is 7.47. The molecule has 8 heteroatoms. The van der Waals surface area contributed by atoms with Crippen molar-refractivity contribution in [2.24, 2.45) is 0 Å². The molecule has 3 aromatic rings. The molecule has 0 aliphatic heterocycles. The van der Waals surface area contributed by atoms with E-state index in [0.29, 0.717) is 5.69 Å². The van der Waals surface area contributed by atoms with E-state index in [1.807, 2.05) is 77.9 Å². The lowest BCUT2D eigenvalue weighted by Gasteiger charge is -2.33. The molecular weight excluding hydrogens is 510 g/mol. The van der Waals surface area contributed by atoms with Gasteiger partial charge in [0.25, 0.3) is 10.0 Å². The summed E-state index contributed by atoms with van der Waals surface area (Å²) >= 11 is 0. The lowest BCUT2D eigenvalue weighted by Crippen LogP contribution is -2.52. The molecule has 2 amide bonds. The molecule has 0 aliphatic carbocycles. The third-order valence-corrected chi connectivity index (χ3v) is 8.37. The maximum atomic E-state index is 14.0. The molecule has 0 aliphatic rings. The Hall–Kier alpha value is -3.65. The number of carbonyl (C=O) groups excluding carboxylic acids is 2. The Labute approximate surface area is 232 Å². The summed E-state index contributed by atoms with van der Waals surface area (Å²) in [5, 5.41) is 2.87. The number of nitrogens with zero attached hydrogens (tertiary/aromatic N) is 2. The predicted octanol–water partition coefficient (Wildman–Crippen LogP) is 5.06. The van der Waals surface area contributed by atoms with Gasteiger partial charge in [-0.1, -0.05) is 59.7 Å². The van der Waals surface area contributed by atoms with Gasteiger partial charge >= 0.3 is 0 Å². The van der Waals surface area contributed by atoms with Gasteiger partial charge in [0.05, 0.1) is 10.6 Å². The molecule has 0 radical (unpaired) electrons. The van der Waals surface area contributed by atoms with Crippen molar-refractivity contribution in [3.63, 3.8) is 0 Å². The van der Waals surface area contributed by atoms with E-state index in [1.54, 1.807) is 37.3 Å². The standard InChI is InChI=1S/C31H39N3O4S/c1-21(2)32-31(36)26(7)33(19-27-14-9-22(3)10-15-27)30(35)20-34(29-18-24(5)8-13-25(29)6)39(37,38)28-16-11-23(4)12-17-28/h8-18,21,26H,19-20H2,1-7H3,(H,32,36)/t26-/m1/s1. The molecule has 0 bridgehead atoms. The van der Waals surface area contributed by atoms with Crippen LogP contribution in [0.25, 0.3) is 0 Å². The minimum atomic E-state index is -4.10. The Kier molecular flexibility index (Phi) is 9.56. The lowest BCUT2D eigenvalue weighted by atomic mass is 10.1. The molecule has 208 valence electrons. The van der Waals surface area contributed by atoms with Crippen LogP contribution in [0.15, 0.2) is 71.6 Å². The van der Waals surface area contributed by atoms with Gasteiger partial charge in [-0.15, -0.1) is 0 Å². The van der Waals surface area contributed by atoms with Gasteiger partial charge in [-0.3, -0.25) is 13.9 Å². The number of nitrogens with one attached hydrogen (secondary N) is 1. The molecular formula is C31H39N3O4S. The molecule has 0 saturated heterocycles. The summed E-state index contributed by atoms with van der Waals surface area (Å²) in [5.74, 6) is -0.774. The van der Waals surface area contributed by atoms with Gasteiger partial charge in [-0.25, -0.2) is 8.42 Å². The Bertz CT molecular complexity index is 1420. The second-order valence-electron chi connectivity index (χ2n) is 10.5. The second-order valence-corrected chi connectivity index (χ2v) is 12.3. The quantitative estimate of drug-likeness (QED) is 0.383. The minimum Gasteiger partial charge on any atom is -0.352 e. The number of hydrogen-bond acceptors (Lipinski definition) is 4. The van der Waals surface area contributed by atoms with Crippen LogP contribution in [-0.2, 0) is 26.2 Å². The maximum Gasteiger partial charge on any atom is 0.264 e. The topological polar surface area (TPSA) is 86.8 Å². The van der Waals surface area contributed by atoms with E-state index in [9.17, 15) is 18.0 Å². The van der Waals surface area contributed by atoms with Crippen LogP contribution in [0.1, 0.15) is 48.6 Å². The van der Waals surface area contributed by atoms with Crippen LogP contribution < -0.4 is 9.62 Å². The molecule has 0 aromatic heterocycles. The summed E-state index contributed by atoms with van der Waals surface area (Å²) in [6.45, 7) is 12.6. The second kappa shape index (κ2) is 12.5. The molecule has 3 rings (SSSR count). The number of anilines is 1.